The van der Waals surface area contributed by atoms with E-state index in [2.05, 4.69) is 10.2 Å². The number of hydrogen-bond donors (Lipinski definition) is 1. The fraction of sp³-hybridized carbons (Fsp3) is 0.581. The summed E-state index contributed by atoms with van der Waals surface area (Å²) in [5, 5.41) is 3.09. The number of benzene rings is 1. The number of amides is 2. The summed E-state index contributed by atoms with van der Waals surface area (Å²) < 4.78 is 48.3. The fourth-order valence-electron chi connectivity index (χ4n) is 6.61. The zero-order valence-electron chi connectivity index (χ0n) is 24.5. The van der Waals surface area contributed by atoms with E-state index in [4.69, 9.17) is 9.72 Å². The number of rotatable bonds is 8. The summed E-state index contributed by atoms with van der Waals surface area (Å²) in [6, 6.07) is 11.0. The first-order valence-electron chi connectivity index (χ1n) is 14.9. The molecule has 2 aliphatic heterocycles. The van der Waals surface area contributed by atoms with Gasteiger partial charge in [0, 0.05) is 44.3 Å². The highest BCUT2D eigenvalue weighted by Crippen LogP contribution is 2.52. The van der Waals surface area contributed by atoms with Gasteiger partial charge in [0.1, 0.15) is 11.2 Å². The van der Waals surface area contributed by atoms with Crippen LogP contribution in [0.4, 0.5) is 18.9 Å². The molecule has 0 spiro atoms. The number of hydrogen-bond acceptors (Lipinski definition) is 6. The number of para-hydroxylation sites is 1. The van der Waals surface area contributed by atoms with Crippen LogP contribution >= 0.6 is 0 Å². The Balaban J connectivity index is 1.45. The summed E-state index contributed by atoms with van der Waals surface area (Å²) in [6.45, 7) is 6.44. The van der Waals surface area contributed by atoms with E-state index in [1.54, 1.807) is 0 Å². The highest BCUT2D eigenvalue weighted by molar-refractivity contribution is 5.99. The van der Waals surface area contributed by atoms with Crippen LogP contribution in [0.5, 0.6) is 5.75 Å². The number of nitrogens with one attached hydrogen (secondary N) is 1. The van der Waals surface area contributed by atoms with Gasteiger partial charge in [-0.1, -0.05) is 31.9 Å². The Kier molecular flexibility index (Phi) is 8.68. The molecule has 1 saturated carbocycles. The molecule has 1 aromatic heterocycles. The van der Waals surface area contributed by atoms with Crippen LogP contribution in [0.1, 0.15) is 56.4 Å². The van der Waals surface area contributed by atoms with Crippen LogP contribution in [-0.4, -0.2) is 91.2 Å². The van der Waals surface area contributed by atoms with Crippen LogP contribution in [0.2, 0.25) is 0 Å². The number of ether oxygens (including phenoxy) is 1. The first-order valence-corrected chi connectivity index (χ1v) is 14.9. The molecule has 2 saturated heterocycles. The SMILES string of the molecule is CCOc1ccccc1-c1ccc(N2CCN(C(=O)C3(C(F)(F)F)CCCC3)C[C@H]2CC)c(C(=O)NC2CN(C)C2)n1. The third kappa shape index (κ3) is 5.67. The van der Waals surface area contributed by atoms with Crippen molar-refractivity contribution in [3.63, 3.8) is 0 Å². The predicted octanol–water partition coefficient (Wildman–Crippen LogP) is 4.74. The van der Waals surface area contributed by atoms with Crippen LogP contribution in [0.3, 0.4) is 0 Å². The Bertz CT molecular complexity index is 1290. The zero-order valence-corrected chi connectivity index (χ0v) is 24.5. The van der Waals surface area contributed by atoms with Gasteiger partial charge in [-0.3, -0.25) is 9.59 Å². The minimum atomic E-state index is -4.57. The van der Waals surface area contributed by atoms with E-state index in [0.29, 0.717) is 49.5 Å². The minimum absolute atomic E-state index is 0.0120. The number of halogens is 3. The van der Waals surface area contributed by atoms with Crippen molar-refractivity contribution in [1.29, 1.82) is 0 Å². The lowest BCUT2D eigenvalue weighted by atomic mass is 9.83. The molecule has 0 radical (unpaired) electrons. The Morgan fingerprint density at radius 3 is 2.40 bits per heavy atom. The third-order valence-electron chi connectivity index (χ3n) is 8.91. The molecule has 2 amide bonds. The summed E-state index contributed by atoms with van der Waals surface area (Å²) in [4.78, 5) is 37.5. The molecule has 1 aromatic carbocycles. The molecule has 2 aromatic rings. The van der Waals surface area contributed by atoms with E-state index in [-0.39, 0.29) is 49.6 Å². The Hall–Kier alpha value is -3.34. The first kappa shape index (κ1) is 30.1. The van der Waals surface area contributed by atoms with E-state index in [1.165, 1.54) is 4.90 Å². The Morgan fingerprint density at radius 2 is 1.76 bits per heavy atom. The molecule has 8 nitrogen and oxygen atoms in total. The molecule has 1 N–H and O–H groups in total. The number of nitrogens with zero attached hydrogens (tertiary/aromatic N) is 4. The number of likely N-dealkylation sites (N-methyl/N-ethyl adjacent to an activating group) is 1. The average molecular weight is 588 g/mol. The number of aromatic nitrogens is 1. The number of carbonyl (C=O) groups excluding carboxylic acids is 2. The monoisotopic (exact) mass is 587 g/mol. The summed E-state index contributed by atoms with van der Waals surface area (Å²) in [5.41, 5.74) is -0.0583. The number of likely N-dealkylation sites (tertiary alicyclic amines) is 1. The van der Waals surface area contributed by atoms with E-state index in [0.717, 1.165) is 18.7 Å². The van der Waals surface area contributed by atoms with Gasteiger partial charge in [0.2, 0.25) is 5.91 Å². The maximum absolute atomic E-state index is 14.2. The normalized spacial score (nSPS) is 21.2. The number of pyridine rings is 1. The van der Waals surface area contributed by atoms with Gasteiger partial charge in [-0.25, -0.2) is 4.98 Å². The van der Waals surface area contributed by atoms with Crippen molar-refractivity contribution < 1.29 is 27.5 Å². The molecule has 0 unspecified atom stereocenters. The van der Waals surface area contributed by atoms with E-state index in [1.807, 2.05) is 62.2 Å². The molecular formula is C31H40F3N5O3. The molecule has 11 heteroatoms. The summed E-state index contributed by atoms with van der Waals surface area (Å²) >= 11 is 0. The van der Waals surface area contributed by atoms with Gasteiger partial charge in [-0.05, 0) is 57.5 Å². The third-order valence-corrected chi connectivity index (χ3v) is 8.91. The number of anilines is 1. The molecule has 3 heterocycles. The largest absolute Gasteiger partial charge is 0.493 e. The molecule has 3 aliphatic rings. The van der Waals surface area contributed by atoms with Crippen molar-refractivity contribution in [3.8, 4) is 17.0 Å². The molecule has 228 valence electrons. The fourth-order valence-corrected chi connectivity index (χ4v) is 6.61. The maximum Gasteiger partial charge on any atom is 0.403 e. The average Bonchev–Trinajstić information content (AvgIpc) is 3.48. The van der Waals surface area contributed by atoms with Crippen LogP contribution < -0.4 is 15.0 Å². The second-order valence-corrected chi connectivity index (χ2v) is 11.7. The van der Waals surface area contributed by atoms with Gasteiger partial charge in [-0.15, -0.1) is 0 Å². The lowest BCUT2D eigenvalue weighted by molar-refractivity contribution is -0.226. The summed E-state index contributed by atoms with van der Waals surface area (Å²) in [6.07, 6.45) is -3.47. The minimum Gasteiger partial charge on any atom is -0.493 e. The standard InChI is InChI=1S/C31H40F3N5O3/c1-4-22-20-38(29(41)30(31(32,33)34)14-8-9-15-30)16-17-39(22)25-13-12-24(23-10-6-7-11-26(23)42-5-2)36-27(25)28(40)35-21-18-37(3)19-21/h6-7,10-13,21-22H,4-5,8-9,14-20H2,1-3H3,(H,35,40)/t22-/m1/s1. The summed E-state index contributed by atoms with van der Waals surface area (Å²) in [5.74, 6) is -0.441. The molecule has 1 aliphatic carbocycles. The van der Waals surface area contributed by atoms with Gasteiger partial charge >= 0.3 is 6.18 Å². The second-order valence-electron chi connectivity index (χ2n) is 11.7. The van der Waals surface area contributed by atoms with Crippen LogP contribution in [0.25, 0.3) is 11.3 Å². The van der Waals surface area contributed by atoms with Crippen molar-refractivity contribution in [1.82, 2.24) is 20.1 Å². The Labute approximate surface area is 245 Å². The lowest BCUT2D eigenvalue weighted by Gasteiger charge is -2.45. The van der Waals surface area contributed by atoms with Crippen LogP contribution in [0, 0.1) is 5.41 Å². The zero-order chi connectivity index (χ0) is 30.1. The molecule has 1 atom stereocenters. The van der Waals surface area contributed by atoms with Gasteiger partial charge in [0.05, 0.1) is 24.0 Å². The topological polar surface area (TPSA) is 78.0 Å². The molecule has 42 heavy (non-hydrogen) atoms. The van der Waals surface area contributed by atoms with Crippen molar-refractivity contribution in [2.45, 2.75) is 64.2 Å². The molecule has 3 fully saturated rings. The van der Waals surface area contributed by atoms with Crippen molar-refractivity contribution in [3.05, 3.63) is 42.1 Å². The number of piperazine rings is 1. The quantitative estimate of drug-likeness (QED) is 0.481. The van der Waals surface area contributed by atoms with E-state index in [9.17, 15) is 22.8 Å². The molecule has 0 bridgehead atoms. The van der Waals surface area contributed by atoms with Gasteiger partial charge in [0.15, 0.2) is 5.69 Å². The van der Waals surface area contributed by atoms with Gasteiger partial charge in [0.25, 0.3) is 5.91 Å². The van der Waals surface area contributed by atoms with Gasteiger partial charge < -0.3 is 24.8 Å². The Morgan fingerprint density at radius 1 is 1.05 bits per heavy atom. The lowest BCUT2D eigenvalue weighted by Crippen LogP contribution is -2.60. The summed E-state index contributed by atoms with van der Waals surface area (Å²) in [7, 11) is 1.98. The van der Waals surface area contributed by atoms with Crippen molar-refractivity contribution >= 4 is 17.5 Å². The number of carbonyl (C=O) groups is 2. The number of alkyl halides is 3. The van der Waals surface area contributed by atoms with E-state index < -0.39 is 17.5 Å². The van der Waals surface area contributed by atoms with Crippen LogP contribution in [-0.2, 0) is 4.79 Å². The second kappa shape index (κ2) is 12.1. The molecular weight excluding hydrogens is 547 g/mol. The van der Waals surface area contributed by atoms with Crippen LogP contribution in [0.15, 0.2) is 36.4 Å². The molecule has 5 rings (SSSR count). The highest BCUT2D eigenvalue weighted by Gasteiger charge is 2.62. The van der Waals surface area contributed by atoms with E-state index >= 15 is 0 Å². The maximum atomic E-state index is 14.2. The predicted molar refractivity (Wildman–Crippen MR) is 155 cm³/mol. The smallest absolute Gasteiger partial charge is 0.403 e. The first-order chi connectivity index (χ1) is 20.1. The van der Waals surface area contributed by atoms with Crippen molar-refractivity contribution in [2.75, 3.05) is 51.3 Å². The van der Waals surface area contributed by atoms with Gasteiger partial charge in [-0.2, -0.15) is 13.2 Å². The highest BCUT2D eigenvalue weighted by atomic mass is 19.4. The van der Waals surface area contributed by atoms with Crippen molar-refractivity contribution in [2.24, 2.45) is 5.41 Å².